The van der Waals surface area contributed by atoms with Crippen LogP contribution in [0.5, 0.6) is 5.75 Å². The van der Waals surface area contributed by atoms with Gasteiger partial charge in [0.1, 0.15) is 17.4 Å². The number of hydrogen-bond donors (Lipinski definition) is 1. The Labute approximate surface area is 208 Å². The van der Waals surface area contributed by atoms with Gasteiger partial charge in [-0.05, 0) is 48.0 Å². The molecule has 0 atom stereocenters. The van der Waals surface area contributed by atoms with Gasteiger partial charge < -0.3 is 10.1 Å². The first-order chi connectivity index (χ1) is 16.2. The SMILES string of the molecule is N#C/C(=C\c1ccc(OC(=O)c2ccc(Cl)c(Cl)c2)cc1)C(=O)Nc1ccc([N+](=O)[O-])cc1Cl. The second-order valence-corrected chi connectivity index (χ2v) is 7.85. The van der Waals surface area contributed by atoms with Crippen molar-refractivity contribution in [2.45, 2.75) is 0 Å². The number of non-ortho nitro benzene ring substituents is 1. The molecule has 1 amide bonds. The van der Waals surface area contributed by atoms with Crippen LogP contribution in [0.15, 0.2) is 66.2 Å². The number of amides is 1. The van der Waals surface area contributed by atoms with Gasteiger partial charge in [-0.25, -0.2) is 4.79 Å². The number of rotatable bonds is 6. The minimum absolute atomic E-state index is 0.0482. The van der Waals surface area contributed by atoms with E-state index >= 15 is 0 Å². The van der Waals surface area contributed by atoms with Crippen molar-refractivity contribution in [2.24, 2.45) is 0 Å². The lowest BCUT2D eigenvalue weighted by Gasteiger charge is -2.07. The average Bonchev–Trinajstić information content (AvgIpc) is 2.81. The van der Waals surface area contributed by atoms with E-state index in [-0.39, 0.29) is 38.3 Å². The Kier molecular flexibility index (Phi) is 7.87. The van der Waals surface area contributed by atoms with Crippen LogP contribution in [-0.4, -0.2) is 16.8 Å². The molecule has 0 aromatic heterocycles. The number of nitro groups is 1. The molecule has 3 aromatic carbocycles. The molecule has 34 heavy (non-hydrogen) atoms. The van der Waals surface area contributed by atoms with Gasteiger partial charge in [-0.15, -0.1) is 0 Å². The normalized spacial score (nSPS) is 10.8. The Balaban J connectivity index is 1.71. The van der Waals surface area contributed by atoms with Crippen molar-refractivity contribution >= 4 is 64.1 Å². The predicted molar refractivity (Wildman–Crippen MR) is 128 cm³/mol. The minimum Gasteiger partial charge on any atom is -0.423 e. The summed E-state index contributed by atoms with van der Waals surface area (Å²) in [5.41, 5.74) is 0.333. The van der Waals surface area contributed by atoms with Gasteiger partial charge in [0.05, 0.1) is 31.2 Å². The number of carbonyl (C=O) groups excluding carboxylic acids is 2. The summed E-state index contributed by atoms with van der Waals surface area (Å²) in [6, 6.07) is 15.7. The fourth-order valence-corrected chi connectivity index (χ4v) is 3.17. The first-order valence-corrected chi connectivity index (χ1v) is 10.5. The van der Waals surface area contributed by atoms with Crippen molar-refractivity contribution in [3.63, 3.8) is 0 Å². The summed E-state index contributed by atoms with van der Waals surface area (Å²) in [6.45, 7) is 0. The topological polar surface area (TPSA) is 122 Å². The van der Waals surface area contributed by atoms with E-state index in [1.165, 1.54) is 48.5 Å². The number of nitrogens with one attached hydrogen (secondary N) is 1. The van der Waals surface area contributed by atoms with E-state index in [9.17, 15) is 25.0 Å². The van der Waals surface area contributed by atoms with Crippen LogP contribution < -0.4 is 10.1 Å². The fraction of sp³-hybridized carbons (Fsp3) is 0. The maximum Gasteiger partial charge on any atom is 0.343 e. The van der Waals surface area contributed by atoms with Crippen molar-refractivity contribution < 1.29 is 19.2 Å². The molecule has 0 aliphatic rings. The van der Waals surface area contributed by atoms with Gasteiger partial charge in [-0.3, -0.25) is 14.9 Å². The number of benzene rings is 3. The van der Waals surface area contributed by atoms with E-state index in [2.05, 4.69) is 5.32 Å². The Bertz CT molecular complexity index is 1370. The number of halogens is 3. The number of nitro benzene ring substituents is 1. The van der Waals surface area contributed by atoms with Crippen LogP contribution in [0, 0.1) is 21.4 Å². The third-order valence-corrected chi connectivity index (χ3v) is 5.39. The smallest absolute Gasteiger partial charge is 0.343 e. The van der Waals surface area contributed by atoms with Crippen molar-refractivity contribution in [1.29, 1.82) is 5.26 Å². The lowest BCUT2D eigenvalue weighted by Crippen LogP contribution is -2.13. The fourth-order valence-electron chi connectivity index (χ4n) is 2.65. The summed E-state index contributed by atoms with van der Waals surface area (Å²) >= 11 is 17.7. The highest BCUT2D eigenvalue weighted by Crippen LogP contribution is 2.27. The molecule has 0 fully saturated rings. The number of nitrogens with zero attached hydrogens (tertiary/aromatic N) is 2. The molecule has 0 saturated carbocycles. The van der Waals surface area contributed by atoms with Crippen LogP contribution >= 0.6 is 34.8 Å². The Morgan fingerprint density at radius 2 is 1.68 bits per heavy atom. The van der Waals surface area contributed by atoms with Gasteiger partial charge in [0.15, 0.2) is 0 Å². The van der Waals surface area contributed by atoms with Crippen LogP contribution in [-0.2, 0) is 4.79 Å². The van der Waals surface area contributed by atoms with Gasteiger partial charge in [0.2, 0.25) is 0 Å². The van der Waals surface area contributed by atoms with Crippen molar-refractivity contribution in [1.82, 2.24) is 0 Å². The quantitative estimate of drug-likeness (QED) is 0.102. The summed E-state index contributed by atoms with van der Waals surface area (Å²) in [6.07, 6.45) is 1.32. The molecule has 0 unspecified atom stereocenters. The minimum atomic E-state index is -0.756. The maximum absolute atomic E-state index is 12.5. The van der Waals surface area contributed by atoms with Crippen LogP contribution in [0.3, 0.4) is 0 Å². The zero-order valence-electron chi connectivity index (χ0n) is 16.9. The summed E-state index contributed by atoms with van der Waals surface area (Å²) in [7, 11) is 0. The van der Waals surface area contributed by atoms with E-state index in [0.717, 1.165) is 6.07 Å². The van der Waals surface area contributed by atoms with Crippen molar-refractivity contribution in [3.05, 3.63) is 103 Å². The number of anilines is 1. The zero-order chi connectivity index (χ0) is 24.8. The van der Waals surface area contributed by atoms with Crippen LogP contribution in [0.1, 0.15) is 15.9 Å². The van der Waals surface area contributed by atoms with E-state index in [0.29, 0.717) is 10.6 Å². The average molecular weight is 517 g/mol. The molecule has 3 rings (SSSR count). The molecule has 0 aliphatic carbocycles. The molecule has 0 radical (unpaired) electrons. The molecule has 0 aliphatic heterocycles. The van der Waals surface area contributed by atoms with Gasteiger partial charge in [0.25, 0.3) is 11.6 Å². The summed E-state index contributed by atoms with van der Waals surface area (Å²) < 4.78 is 5.28. The van der Waals surface area contributed by atoms with Gasteiger partial charge >= 0.3 is 5.97 Å². The number of ether oxygens (including phenoxy) is 1. The van der Waals surface area contributed by atoms with Crippen molar-refractivity contribution in [2.75, 3.05) is 5.32 Å². The molecule has 0 saturated heterocycles. The Hall–Kier alpha value is -3.90. The first kappa shape index (κ1) is 24.7. The highest BCUT2D eigenvalue weighted by Gasteiger charge is 2.15. The van der Waals surface area contributed by atoms with E-state index < -0.39 is 16.8 Å². The van der Waals surface area contributed by atoms with E-state index in [4.69, 9.17) is 39.5 Å². The van der Waals surface area contributed by atoms with Gasteiger partial charge in [0, 0.05) is 12.1 Å². The number of carbonyl (C=O) groups is 2. The lowest BCUT2D eigenvalue weighted by molar-refractivity contribution is -0.384. The number of hydrogen-bond acceptors (Lipinski definition) is 6. The summed E-state index contributed by atoms with van der Waals surface area (Å²) in [5.74, 6) is -1.17. The largest absolute Gasteiger partial charge is 0.423 e. The molecule has 8 nitrogen and oxygen atoms in total. The van der Waals surface area contributed by atoms with Gasteiger partial charge in [-0.2, -0.15) is 5.26 Å². The number of nitriles is 1. The van der Waals surface area contributed by atoms with Crippen molar-refractivity contribution in [3.8, 4) is 11.8 Å². The molecule has 3 aromatic rings. The molecular formula is C23H12Cl3N3O5. The molecule has 0 bridgehead atoms. The summed E-state index contributed by atoms with van der Waals surface area (Å²) in [5, 5.41) is 23.1. The van der Waals surface area contributed by atoms with Gasteiger partial charge in [-0.1, -0.05) is 46.9 Å². The predicted octanol–water partition coefficient (Wildman–Crippen LogP) is 6.32. The standard InChI is InChI=1S/C23H12Cl3N3O5/c24-18-7-3-14(10-19(18)25)23(31)34-17-5-1-13(2-6-17)9-15(12-27)22(30)28-21-8-4-16(29(32)33)11-20(21)26/h1-11H,(H,28,30)/b15-9+. The molecule has 1 N–H and O–H groups in total. The van der Waals surface area contributed by atoms with Crippen LogP contribution in [0.2, 0.25) is 15.1 Å². The molecule has 0 spiro atoms. The zero-order valence-corrected chi connectivity index (χ0v) is 19.2. The molecular weight excluding hydrogens is 505 g/mol. The van der Waals surface area contributed by atoms with Crippen LogP contribution in [0.4, 0.5) is 11.4 Å². The lowest BCUT2D eigenvalue weighted by atomic mass is 10.1. The highest BCUT2D eigenvalue weighted by molar-refractivity contribution is 6.42. The van der Waals surface area contributed by atoms with Crippen LogP contribution in [0.25, 0.3) is 6.08 Å². The molecule has 170 valence electrons. The summed E-state index contributed by atoms with van der Waals surface area (Å²) in [4.78, 5) is 34.9. The van der Waals surface area contributed by atoms with E-state index in [1.54, 1.807) is 18.2 Å². The third kappa shape index (κ3) is 6.11. The monoisotopic (exact) mass is 515 g/mol. The second kappa shape index (κ2) is 10.8. The second-order valence-electron chi connectivity index (χ2n) is 6.63. The highest BCUT2D eigenvalue weighted by atomic mass is 35.5. The third-order valence-electron chi connectivity index (χ3n) is 4.33. The van der Waals surface area contributed by atoms with E-state index in [1.807, 2.05) is 0 Å². The Morgan fingerprint density at radius 3 is 2.26 bits per heavy atom. The molecule has 0 heterocycles. The number of esters is 1. The first-order valence-electron chi connectivity index (χ1n) is 9.32. The Morgan fingerprint density at radius 1 is 0.971 bits per heavy atom. The molecule has 11 heteroatoms. The maximum atomic E-state index is 12.5.